The minimum absolute atomic E-state index is 0.0997. The molecule has 17 heavy (non-hydrogen) atoms. The van der Waals surface area contributed by atoms with Crippen molar-refractivity contribution in [2.75, 3.05) is 11.2 Å². The largest absolute Gasteiger partial charge is 0.326 e. The highest BCUT2D eigenvalue weighted by Crippen LogP contribution is 2.17. The van der Waals surface area contributed by atoms with Crippen molar-refractivity contribution in [3.05, 3.63) is 29.6 Å². The minimum Gasteiger partial charge on any atom is -0.326 e. The Morgan fingerprint density at radius 3 is 2.29 bits per heavy atom. The normalized spacial score (nSPS) is 10.4. The molecule has 1 aromatic carbocycles. The van der Waals surface area contributed by atoms with E-state index in [0.29, 0.717) is 18.7 Å². The molecule has 0 saturated carbocycles. The van der Waals surface area contributed by atoms with E-state index in [2.05, 4.69) is 5.32 Å². The molecule has 2 nitrogen and oxygen atoms in total. The van der Waals surface area contributed by atoms with Gasteiger partial charge in [0.25, 0.3) is 0 Å². The number of hydrogen-bond acceptors (Lipinski definition) is 1. The number of unbranched alkanes of at least 4 members (excludes halogenated alkanes) is 1. The van der Waals surface area contributed by atoms with E-state index in [0.717, 1.165) is 12.1 Å². The van der Waals surface area contributed by atoms with Crippen molar-refractivity contribution in [1.29, 1.82) is 0 Å². The monoisotopic (exact) mass is 265 g/mol. The summed E-state index contributed by atoms with van der Waals surface area (Å²) < 4.78 is 38.2. The van der Waals surface area contributed by atoms with Crippen molar-refractivity contribution in [3.63, 3.8) is 0 Å². The molecule has 0 aliphatic rings. The first kappa shape index (κ1) is 13.8. The lowest BCUT2D eigenvalue weighted by Crippen LogP contribution is -2.12. The van der Waals surface area contributed by atoms with Crippen LogP contribution in [0.5, 0.6) is 0 Å². The lowest BCUT2D eigenvalue weighted by molar-refractivity contribution is -0.116. The molecule has 1 amide bonds. The Morgan fingerprint density at radius 2 is 1.76 bits per heavy atom. The number of benzene rings is 1. The van der Waals surface area contributed by atoms with Crippen LogP contribution in [0.15, 0.2) is 12.1 Å². The van der Waals surface area contributed by atoms with Gasteiger partial charge in [0.15, 0.2) is 17.5 Å². The van der Waals surface area contributed by atoms with E-state index in [-0.39, 0.29) is 18.0 Å². The van der Waals surface area contributed by atoms with E-state index in [1.54, 1.807) is 0 Å². The molecule has 1 aromatic rings. The number of anilines is 1. The summed E-state index contributed by atoms with van der Waals surface area (Å²) in [6.07, 6.45) is 1.47. The van der Waals surface area contributed by atoms with Gasteiger partial charge in [0.05, 0.1) is 0 Å². The van der Waals surface area contributed by atoms with Crippen molar-refractivity contribution in [1.82, 2.24) is 0 Å². The predicted molar refractivity (Wildman–Crippen MR) is 59.5 cm³/mol. The maximum Gasteiger partial charge on any atom is 0.224 e. The van der Waals surface area contributed by atoms with E-state index in [1.807, 2.05) is 0 Å². The highest BCUT2D eigenvalue weighted by Gasteiger charge is 2.11. The van der Waals surface area contributed by atoms with Gasteiger partial charge >= 0.3 is 0 Å². The highest BCUT2D eigenvalue weighted by molar-refractivity contribution is 6.17. The van der Waals surface area contributed by atoms with Crippen molar-refractivity contribution in [2.45, 2.75) is 19.3 Å². The van der Waals surface area contributed by atoms with Gasteiger partial charge in [-0.2, -0.15) is 0 Å². The van der Waals surface area contributed by atoms with Crippen LogP contribution < -0.4 is 5.32 Å². The Bertz CT molecular complexity index is 389. The molecule has 94 valence electrons. The van der Waals surface area contributed by atoms with Crippen LogP contribution in [0.1, 0.15) is 19.3 Å². The molecule has 0 bridgehead atoms. The quantitative estimate of drug-likeness (QED) is 0.493. The molecule has 0 unspecified atom stereocenters. The van der Waals surface area contributed by atoms with Gasteiger partial charge in [-0.25, -0.2) is 13.2 Å². The number of carbonyl (C=O) groups is 1. The summed E-state index contributed by atoms with van der Waals surface area (Å²) in [6.45, 7) is 0. The molecule has 0 fully saturated rings. The van der Waals surface area contributed by atoms with Crippen molar-refractivity contribution >= 4 is 23.2 Å². The fourth-order valence-electron chi connectivity index (χ4n) is 1.23. The lowest BCUT2D eigenvalue weighted by atomic mass is 10.2. The zero-order chi connectivity index (χ0) is 12.8. The van der Waals surface area contributed by atoms with Gasteiger partial charge in [0, 0.05) is 30.1 Å². The van der Waals surface area contributed by atoms with Crippen LogP contribution in [0.4, 0.5) is 18.9 Å². The molecule has 0 spiro atoms. The fraction of sp³-hybridized carbons (Fsp3) is 0.364. The zero-order valence-corrected chi connectivity index (χ0v) is 9.66. The Kier molecular flexibility index (Phi) is 5.28. The predicted octanol–water partition coefficient (Wildman–Crippen LogP) is 3.45. The molecule has 0 aromatic heterocycles. The van der Waals surface area contributed by atoms with Crippen LogP contribution in [0.2, 0.25) is 0 Å². The smallest absolute Gasteiger partial charge is 0.224 e. The van der Waals surface area contributed by atoms with Crippen molar-refractivity contribution in [2.24, 2.45) is 0 Å². The van der Waals surface area contributed by atoms with E-state index >= 15 is 0 Å². The number of halogens is 4. The van der Waals surface area contributed by atoms with Gasteiger partial charge in [-0.1, -0.05) is 0 Å². The first-order valence-corrected chi connectivity index (χ1v) is 5.58. The van der Waals surface area contributed by atoms with Crippen LogP contribution in [0.25, 0.3) is 0 Å². The third-order valence-corrected chi connectivity index (χ3v) is 2.32. The van der Waals surface area contributed by atoms with Gasteiger partial charge in [-0.3, -0.25) is 4.79 Å². The maximum absolute atomic E-state index is 12.8. The number of nitrogens with one attached hydrogen (secondary N) is 1. The molecule has 6 heteroatoms. The van der Waals surface area contributed by atoms with Crippen LogP contribution in [-0.4, -0.2) is 11.8 Å². The first-order chi connectivity index (χ1) is 8.04. The second kappa shape index (κ2) is 6.49. The minimum atomic E-state index is -1.55. The average molecular weight is 266 g/mol. The summed E-state index contributed by atoms with van der Waals surface area (Å²) in [5.41, 5.74) is -0.0997. The topological polar surface area (TPSA) is 29.1 Å². The second-order valence-corrected chi connectivity index (χ2v) is 3.83. The van der Waals surface area contributed by atoms with Crippen LogP contribution >= 0.6 is 11.6 Å². The third kappa shape index (κ3) is 4.26. The molecule has 0 heterocycles. The summed E-state index contributed by atoms with van der Waals surface area (Å²) in [5, 5.41) is 2.28. The Morgan fingerprint density at radius 1 is 1.18 bits per heavy atom. The molecule has 1 rings (SSSR count). The van der Waals surface area contributed by atoms with Crippen LogP contribution in [0.3, 0.4) is 0 Å². The van der Waals surface area contributed by atoms with Gasteiger partial charge in [-0.15, -0.1) is 11.6 Å². The van der Waals surface area contributed by atoms with Gasteiger partial charge in [0.2, 0.25) is 5.91 Å². The van der Waals surface area contributed by atoms with Crippen LogP contribution in [-0.2, 0) is 4.79 Å². The lowest BCUT2D eigenvalue weighted by Gasteiger charge is -2.05. The number of alkyl halides is 1. The molecular weight excluding hydrogens is 255 g/mol. The van der Waals surface area contributed by atoms with Crippen LogP contribution in [0, 0.1) is 17.5 Å². The summed E-state index contributed by atoms with van der Waals surface area (Å²) >= 11 is 5.43. The molecule has 0 radical (unpaired) electrons. The van der Waals surface area contributed by atoms with Gasteiger partial charge in [0.1, 0.15) is 0 Å². The molecule has 0 aliphatic carbocycles. The number of amides is 1. The van der Waals surface area contributed by atoms with E-state index in [4.69, 9.17) is 11.6 Å². The summed E-state index contributed by atoms with van der Waals surface area (Å²) in [7, 11) is 0. The Balaban J connectivity index is 2.60. The van der Waals surface area contributed by atoms with Gasteiger partial charge in [-0.05, 0) is 12.8 Å². The van der Waals surface area contributed by atoms with Gasteiger partial charge < -0.3 is 5.32 Å². The average Bonchev–Trinajstić information content (AvgIpc) is 2.26. The fourth-order valence-corrected chi connectivity index (χ4v) is 1.42. The maximum atomic E-state index is 12.8. The standard InChI is InChI=1S/C11H11ClF3NO/c12-4-2-1-3-10(17)16-7-5-8(13)11(15)9(14)6-7/h5-6H,1-4H2,(H,16,17). The number of carbonyl (C=O) groups excluding carboxylic acids is 1. The third-order valence-electron chi connectivity index (χ3n) is 2.06. The zero-order valence-electron chi connectivity index (χ0n) is 8.90. The molecule has 1 N–H and O–H groups in total. The Hall–Kier alpha value is -1.23. The molecule has 0 aliphatic heterocycles. The molecule has 0 atom stereocenters. The number of rotatable bonds is 5. The number of hydrogen-bond donors (Lipinski definition) is 1. The van der Waals surface area contributed by atoms with Crippen molar-refractivity contribution < 1.29 is 18.0 Å². The first-order valence-electron chi connectivity index (χ1n) is 5.05. The summed E-state index contributed by atoms with van der Waals surface area (Å²) in [5.74, 6) is -4.15. The Labute approximate surface area is 102 Å². The molecular formula is C11H11ClF3NO. The summed E-state index contributed by atoms with van der Waals surface area (Å²) in [6, 6.07) is 1.47. The molecule has 0 saturated heterocycles. The van der Waals surface area contributed by atoms with E-state index < -0.39 is 17.5 Å². The van der Waals surface area contributed by atoms with Crippen molar-refractivity contribution in [3.8, 4) is 0 Å². The highest BCUT2D eigenvalue weighted by atomic mass is 35.5. The summed E-state index contributed by atoms with van der Waals surface area (Å²) in [4.78, 5) is 11.3. The van der Waals surface area contributed by atoms with E-state index in [1.165, 1.54) is 0 Å². The second-order valence-electron chi connectivity index (χ2n) is 3.45. The van der Waals surface area contributed by atoms with E-state index in [9.17, 15) is 18.0 Å². The SMILES string of the molecule is O=C(CCCCCl)Nc1cc(F)c(F)c(F)c1.